The monoisotopic (exact) mass is 263 g/mol. The van der Waals surface area contributed by atoms with Crippen molar-refractivity contribution in [1.82, 2.24) is 0 Å². The number of rotatable bonds is 4. The van der Waals surface area contributed by atoms with Crippen LogP contribution in [0.2, 0.25) is 0 Å². The molecule has 0 aromatic carbocycles. The van der Waals surface area contributed by atoms with Gasteiger partial charge in [0.2, 0.25) is 0 Å². The van der Waals surface area contributed by atoms with E-state index in [-0.39, 0.29) is 0 Å². The highest BCUT2D eigenvalue weighted by molar-refractivity contribution is 5.02. The molecular weight excluding hydrogens is 230 g/mol. The molecule has 1 atom stereocenters. The first kappa shape index (κ1) is 13.9. The summed E-state index contributed by atoms with van der Waals surface area (Å²) < 4.78 is 0. The molecule has 0 radical (unpaired) electrons. The van der Waals surface area contributed by atoms with Crippen LogP contribution in [0, 0.1) is 28.6 Å². The second kappa shape index (κ2) is 4.76. The maximum absolute atomic E-state index is 6.50. The lowest BCUT2D eigenvalue weighted by molar-refractivity contribution is -0.0609. The molecular formula is C18H33N. The summed E-state index contributed by atoms with van der Waals surface area (Å²) >= 11 is 0. The zero-order chi connectivity index (χ0) is 13.7. The van der Waals surface area contributed by atoms with Crippen LogP contribution >= 0.6 is 0 Å². The molecule has 4 rings (SSSR count). The van der Waals surface area contributed by atoms with Gasteiger partial charge < -0.3 is 5.73 Å². The fraction of sp³-hybridized carbons (Fsp3) is 1.00. The summed E-state index contributed by atoms with van der Waals surface area (Å²) in [5.41, 5.74) is 7.62. The fourth-order valence-corrected chi connectivity index (χ4v) is 5.82. The van der Waals surface area contributed by atoms with Crippen molar-refractivity contribution in [2.75, 3.05) is 0 Å². The predicted molar refractivity (Wildman–Crippen MR) is 81.9 cm³/mol. The van der Waals surface area contributed by atoms with Crippen molar-refractivity contribution in [1.29, 1.82) is 0 Å². The van der Waals surface area contributed by atoms with E-state index in [1.807, 2.05) is 0 Å². The van der Waals surface area contributed by atoms with Gasteiger partial charge in [0.1, 0.15) is 0 Å². The van der Waals surface area contributed by atoms with E-state index in [2.05, 4.69) is 20.8 Å². The number of hydrogen-bond donors (Lipinski definition) is 1. The van der Waals surface area contributed by atoms with Crippen molar-refractivity contribution in [2.24, 2.45) is 34.3 Å². The Balaban J connectivity index is 1.57. The first-order valence-corrected chi connectivity index (χ1v) is 8.59. The van der Waals surface area contributed by atoms with Crippen LogP contribution in [0.4, 0.5) is 0 Å². The van der Waals surface area contributed by atoms with Gasteiger partial charge in [0.25, 0.3) is 0 Å². The Morgan fingerprint density at radius 3 is 1.89 bits per heavy atom. The molecule has 1 nitrogen and oxygen atoms in total. The van der Waals surface area contributed by atoms with E-state index < -0.39 is 0 Å². The van der Waals surface area contributed by atoms with Crippen LogP contribution in [0.25, 0.3) is 0 Å². The van der Waals surface area contributed by atoms with Gasteiger partial charge in [-0.25, -0.2) is 0 Å². The Labute approximate surface area is 119 Å². The van der Waals surface area contributed by atoms with Crippen molar-refractivity contribution in [3.05, 3.63) is 0 Å². The third-order valence-electron chi connectivity index (χ3n) is 6.13. The molecule has 0 aromatic heterocycles. The van der Waals surface area contributed by atoms with Crippen molar-refractivity contribution >= 4 is 0 Å². The molecule has 0 aromatic rings. The minimum Gasteiger partial charge on any atom is -0.328 e. The van der Waals surface area contributed by atoms with Gasteiger partial charge in [-0.3, -0.25) is 0 Å². The van der Waals surface area contributed by atoms with Crippen LogP contribution in [0.3, 0.4) is 0 Å². The smallest absolute Gasteiger partial charge is 0.00443 e. The lowest BCUT2D eigenvalue weighted by Crippen LogP contribution is -2.48. The Bertz CT molecular complexity index is 290. The largest absolute Gasteiger partial charge is 0.328 e. The Kier molecular flexibility index (Phi) is 3.48. The van der Waals surface area contributed by atoms with E-state index in [0.717, 1.165) is 17.8 Å². The summed E-state index contributed by atoms with van der Waals surface area (Å²) in [6.45, 7) is 7.01. The quantitative estimate of drug-likeness (QED) is 0.778. The molecule has 0 saturated heterocycles. The third kappa shape index (κ3) is 3.17. The molecule has 19 heavy (non-hydrogen) atoms. The number of hydrogen-bond acceptors (Lipinski definition) is 1. The topological polar surface area (TPSA) is 26.0 Å². The Hall–Kier alpha value is -0.0400. The molecule has 4 bridgehead atoms. The van der Waals surface area contributed by atoms with Gasteiger partial charge in [-0.1, -0.05) is 20.8 Å². The average molecular weight is 263 g/mol. The Morgan fingerprint density at radius 2 is 1.47 bits per heavy atom. The molecule has 110 valence electrons. The van der Waals surface area contributed by atoms with Gasteiger partial charge in [0, 0.05) is 6.04 Å². The van der Waals surface area contributed by atoms with Gasteiger partial charge >= 0.3 is 0 Å². The van der Waals surface area contributed by atoms with Crippen LogP contribution in [0.5, 0.6) is 0 Å². The van der Waals surface area contributed by atoms with Gasteiger partial charge in [-0.15, -0.1) is 0 Å². The van der Waals surface area contributed by atoms with Crippen LogP contribution in [-0.4, -0.2) is 6.04 Å². The van der Waals surface area contributed by atoms with Crippen LogP contribution in [-0.2, 0) is 0 Å². The molecule has 0 amide bonds. The summed E-state index contributed by atoms with van der Waals surface area (Å²) in [6.07, 6.45) is 13.0. The van der Waals surface area contributed by atoms with Crippen molar-refractivity contribution in [3.8, 4) is 0 Å². The average Bonchev–Trinajstić information content (AvgIpc) is 2.22. The normalized spacial score (nSPS) is 42.6. The molecule has 4 fully saturated rings. The highest BCUT2D eigenvalue weighted by Gasteiger charge is 2.50. The molecule has 1 heteroatoms. The van der Waals surface area contributed by atoms with E-state index in [9.17, 15) is 0 Å². The summed E-state index contributed by atoms with van der Waals surface area (Å²) in [5, 5.41) is 0. The maximum Gasteiger partial charge on any atom is 0.00443 e. The van der Waals surface area contributed by atoms with Crippen molar-refractivity contribution in [3.63, 3.8) is 0 Å². The minimum atomic E-state index is 0.444. The first-order valence-electron chi connectivity index (χ1n) is 8.59. The minimum absolute atomic E-state index is 0.444. The summed E-state index contributed by atoms with van der Waals surface area (Å²) in [7, 11) is 0. The van der Waals surface area contributed by atoms with E-state index in [4.69, 9.17) is 5.73 Å². The highest BCUT2D eigenvalue weighted by atomic mass is 14.7. The van der Waals surface area contributed by atoms with Gasteiger partial charge in [-0.2, -0.15) is 0 Å². The highest BCUT2D eigenvalue weighted by Crippen LogP contribution is 2.61. The first-order chi connectivity index (χ1) is 8.84. The zero-order valence-electron chi connectivity index (χ0n) is 13.3. The third-order valence-corrected chi connectivity index (χ3v) is 6.13. The summed E-state index contributed by atoms with van der Waals surface area (Å²) in [5.74, 6) is 3.21. The van der Waals surface area contributed by atoms with Crippen LogP contribution in [0.1, 0.15) is 78.6 Å². The van der Waals surface area contributed by atoms with Crippen LogP contribution in [0.15, 0.2) is 0 Å². The predicted octanol–water partition coefficient (Wildman–Crippen LogP) is 4.75. The van der Waals surface area contributed by atoms with E-state index in [0.29, 0.717) is 16.9 Å². The van der Waals surface area contributed by atoms with Crippen LogP contribution < -0.4 is 5.73 Å². The van der Waals surface area contributed by atoms with Gasteiger partial charge in [0.15, 0.2) is 0 Å². The second-order valence-electron chi connectivity index (χ2n) is 9.48. The molecule has 0 spiro atoms. The zero-order valence-corrected chi connectivity index (χ0v) is 13.3. The fourth-order valence-electron chi connectivity index (χ4n) is 5.82. The van der Waals surface area contributed by atoms with Crippen molar-refractivity contribution < 1.29 is 0 Å². The SMILES string of the molecule is CC(C)(C)CCC(N)CC12CC3CC(CC(C3)C1)C2. The van der Waals surface area contributed by atoms with Gasteiger partial charge in [0.05, 0.1) is 0 Å². The second-order valence-corrected chi connectivity index (χ2v) is 9.48. The molecule has 4 saturated carbocycles. The molecule has 4 aliphatic rings. The molecule has 0 heterocycles. The van der Waals surface area contributed by atoms with Gasteiger partial charge in [-0.05, 0) is 86.4 Å². The maximum atomic E-state index is 6.50. The molecule has 4 aliphatic carbocycles. The number of nitrogens with two attached hydrogens (primary N) is 1. The Morgan fingerprint density at radius 1 is 1.00 bits per heavy atom. The lowest BCUT2D eigenvalue weighted by atomic mass is 9.48. The standard InChI is InChI=1S/C18H33N/c1-17(2,3)5-4-16(19)12-18-9-13-6-14(10-18)8-15(7-13)11-18/h13-16H,4-12,19H2,1-3H3. The lowest BCUT2D eigenvalue weighted by Gasteiger charge is -2.57. The summed E-state index contributed by atoms with van der Waals surface area (Å²) in [4.78, 5) is 0. The molecule has 0 aliphatic heterocycles. The van der Waals surface area contributed by atoms with E-state index in [1.165, 1.54) is 38.5 Å². The molecule has 1 unspecified atom stereocenters. The molecule has 2 N–H and O–H groups in total. The van der Waals surface area contributed by atoms with E-state index in [1.54, 1.807) is 19.3 Å². The van der Waals surface area contributed by atoms with Crippen molar-refractivity contribution in [2.45, 2.75) is 84.6 Å². The summed E-state index contributed by atoms with van der Waals surface area (Å²) in [6, 6.07) is 0.454. The van der Waals surface area contributed by atoms with E-state index >= 15 is 0 Å².